The van der Waals surface area contributed by atoms with Crippen LogP contribution in [0.15, 0.2) is 36.4 Å². The fraction of sp³-hybridized carbons (Fsp3) is 0.318. The SMILES string of the molecule is CN(C)C(=O)c1cccc(Nc2nsnc2NC(c2ccc(F)c(F)c2)C(C)(C)C)c1O. The summed E-state index contributed by atoms with van der Waals surface area (Å²) in [5, 5.41) is 16.8. The molecule has 0 bridgehead atoms. The molecule has 0 aliphatic heterocycles. The smallest absolute Gasteiger partial charge is 0.257 e. The summed E-state index contributed by atoms with van der Waals surface area (Å²) in [6, 6.07) is 8.14. The van der Waals surface area contributed by atoms with Gasteiger partial charge in [0.2, 0.25) is 0 Å². The van der Waals surface area contributed by atoms with E-state index in [1.165, 1.54) is 17.0 Å². The van der Waals surface area contributed by atoms with Crippen molar-refractivity contribution in [3.05, 3.63) is 59.2 Å². The third kappa shape index (κ3) is 4.96. The van der Waals surface area contributed by atoms with Crippen molar-refractivity contribution in [2.75, 3.05) is 24.7 Å². The van der Waals surface area contributed by atoms with Crippen LogP contribution in [-0.4, -0.2) is 38.8 Å². The standard InChI is InChI=1S/C22H25F2N5O2S/c1-22(2,3)18(12-9-10-14(23)15(24)11-12)26-20-19(27-32-28-20)25-16-8-6-7-13(17(16)30)21(31)29(4)5/h6-11,18,30H,1-5H3,(H,25,27)(H,26,28). The zero-order valence-electron chi connectivity index (χ0n) is 18.4. The molecule has 1 amide bonds. The fourth-order valence-corrected chi connectivity index (χ4v) is 3.65. The van der Waals surface area contributed by atoms with E-state index >= 15 is 0 Å². The minimum atomic E-state index is -0.930. The lowest BCUT2D eigenvalue weighted by Gasteiger charge is -2.32. The molecule has 1 unspecified atom stereocenters. The van der Waals surface area contributed by atoms with Crippen molar-refractivity contribution in [1.82, 2.24) is 13.6 Å². The molecule has 10 heteroatoms. The van der Waals surface area contributed by atoms with E-state index in [1.807, 2.05) is 20.8 Å². The third-order valence-corrected chi connectivity index (χ3v) is 5.37. The van der Waals surface area contributed by atoms with Crippen LogP contribution in [0, 0.1) is 17.0 Å². The maximum absolute atomic E-state index is 13.9. The quantitative estimate of drug-likeness (QED) is 0.439. The maximum atomic E-state index is 13.9. The monoisotopic (exact) mass is 461 g/mol. The highest BCUT2D eigenvalue weighted by atomic mass is 32.1. The van der Waals surface area contributed by atoms with E-state index in [4.69, 9.17) is 0 Å². The van der Waals surface area contributed by atoms with Crippen LogP contribution in [0.2, 0.25) is 0 Å². The maximum Gasteiger partial charge on any atom is 0.257 e. The Morgan fingerprint density at radius 1 is 1.09 bits per heavy atom. The van der Waals surface area contributed by atoms with Gasteiger partial charge in [-0.15, -0.1) is 0 Å². The van der Waals surface area contributed by atoms with Gasteiger partial charge in [-0.05, 0) is 35.2 Å². The number of aromatic hydroxyl groups is 1. The number of amides is 1. The van der Waals surface area contributed by atoms with Crippen LogP contribution in [0.4, 0.5) is 26.1 Å². The van der Waals surface area contributed by atoms with Crippen molar-refractivity contribution in [1.29, 1.82) is 0 Å². The van der Waals surface area contributed by atoms with Crippen LogP contribution < -0.4 is 10.6 Å². The lowest BCUT2D eigenvalue weighted by Crippen LogP contribution is -2.26. The molecule has 3 rings (SSSR count). The Hall–Kier alpha value is -3.27. The second-order valence-corrected chi connectivity index (χ2v) is 9.13. The molecule has 0 radical (unpaired) electrons. The molecule has 1 aromatic heterocycles. The van der Waals surface area contributed by atoms with Crippen LogP contribution in [0.3, 0.4) is 0 Å². The largest absolute Gasteiger partial charge is 0.505 e. The number of nitrogens with one attached hydrogen (secondary N) is 2. The molecular weight excluding hydrogens is 436 g/mol. The van der Waals surface area contributed by atoms with Gasteiger partial charge in [0.1, 0.15) is 0 Å². The van der Waals surface area contributed by atoms with Crippen LogP contribution in [0.5, 0.6) is 5.75 Å². The molecule has 3 aromatic rings. The highest BCUT2D eigenvalue weighted by Gasteiger charge is 2.29. The zero-order valence-corrected chi connectivity index (χ0v) is 19.2. The Bertz CT molecular complexity index is 1130. The predicted molar refractivity (Wildman–Crippen MR) is 121 cm³/mol. The number of para-hydroxylation sites is 1. The molecule has 32 heavy (non-hydrogen) atoms. The number of hydrogen-bond donors (Lipinski definition) is 3. The zero-order chi connectivity index (χ0) is 23.6. The number of rotatable bonds is 6. The fourth-order valence-electron chi connectivity index (χ4n) is 3.18. The van der Waals surface area contributed by atoms with E-state index < -0.39 is 17.7 Å². The van der Waals surface area contributed by atoms with Gasteiger partial charge in [-0.2, -0.15) is 8.75 Å². The Morgan fingerprint density at radius 3 is 2.41 bits per heavy atom. The Balaban J connectivity index is 1.92. The average Bonchev–Trinajstić information content (AvgIpc) is 3.15. The summed E-state index contributed by atoms with van der Waals surface area (Å²) in [6.07, 6.45) is 0. The first-order valence-corrected chi connectivity index (χ1v) is 10.6. The topological polar surface area (TPSA) is 90.4 Å². The molecular formula is C22H25F2N5O2S. The van der Waals surface area contributed by atoms with Gasteiger partial charge in [0.15, 0.2) is 29.0 Å². The summed E-state index contributed by atoms with van der Waals surface area (Å²) in [5.74, 6) is -1.69. The molecule has 0 aliphatic carbocycles. The number of carbonyl (C=O) groups excluding carboxylic acids is 1. The second-order valence-electron chi connectivity index (χ2n) is 8.60. The molecule has 7 nitrogen and oxygen atoms in total. The van der Waals surface area contributed by atoms with Crippen LogP contribution in [0.1, 0.15) is 42.7 Å². The summed E-state index contributed by atoms with van der Waals surface area (Å²) in [6.45, 7) is 5.88. The van der Waals surface area contributed by atoms with Crippen LogP contribution in [0.25, 0.3) is 0 Å². The van der Waals surface area contributed by atoms with Crippen molar-refractivity contribution in [2.45, 2.75) is 26.8 Å². The summed E-state index contributed by atoms with van der Waals surface area (Å²) in [7, 11) is 3.19. The summed E-state index contributed by atoms with van der Waals surface area (Å²) >= 11 is 0.944. The Kier molecular flexibility index (Phi) is 6.63. The predicted octanol–water partition coefficient (Wildman–Crippen LogP) is 5.17. The number of halogens is 2. The molecule has 0 saturated heterocycles. The normalized spacial score (nSPS) is 12.3. The molecule has 2 aromatic carbocycles. The molecule has 1 heterocycles. The van der Waals surface area contributed by atoms with E-state index in [2.05, 4.69) is 19.4 Å². The number of aromatic nitrogens is 2. The second kappa shape index (κ2) is 9.07. The third-order valence-electron chi connectivity index (χ3n) is 4.84. The van der Waals surface area contributed by atoms with E-state index in [9.17, 15) is 18.7 Å². The van der Waals surface area contributed by atoms with Gasteiger partial charge in [0, 0.05) is 14.1 Å². The van der Waals surface area contributed by atoms with Gasteiger partial charge in [0.25, 0.3) is 5.91 Å². The molecule has 0 saturated carbocycles. The highest BCUT2D eigenvalue weighted by Crippen LogP contribution is 2.39. The first kappa shape index (κ1) is 23.4. The summed E-state index contributed by atoms with van der Waals surface area (Å²) < 4.78 is 35.8. The van der Waals surface area contributed by atoms with Gasteiger partial charge >= 0.3 is 0 Å². The number of carbonyl (C=O) groups is 1. The number of anilines is 3. The number of nitrogens with zero attached hydrogens (tertiary/aromatic N) is 3. The van der Waals surface area contributed by atoms with Gasteiger partial charge in [-0.25, -0.2) is 8.78 Å². The lowest BCUT2D eigenvalue weighted by atomic mass is 9.82. The molecule has 0 fully saturated rings. The summed E-state index contributed by atoms with van der Waals surface area (Å²) in [5.41, 5.74) is 0.600. The number of phenols is 1. The summed E-state index contributed by atoms with van der Waals surface area (Å²) in [4.78, 5) is 13.7. The van der Waals surface area contributed by atoms with Gasteiger partial charge in [0.05, 0.1) is 29.0 Å². The molecule has 3 N–H and O–H groups in total. The molecule has 170 valence electrons. The number of benzene rings is 2. The van der Waals surface area contributed by atoms with E-state index in [-0.39, 0.29) is 28.3 Å². The van der Waals surface area contributed by atoms with Gasteiger partial charge in [-0.3, -0.25) is 4.79 Å². The first-order valence-electron chi connectivity index (χ1n) is 9.83. The van der Waals surface area contributed by atoms with E-state index in [1.54, 1.807) is 26.2 Å². The number of hydrogen-bond acceptors (Lipinski definition) is 7. The molecule has 0 spiro atoms. The van der Waals surface area contributed by atoms with Crippen molar-refractivity contribution < 1.29 is 18.7 Å². The van der Waals surface area contributed by atoms with Crippen LogP contribution >= 0.6 is 11.7 Å². The lowest BCUT2D eigenvalue weighted by molar-refractivity contribution is 0.0824. The minimum Gasteiger partial charge on any atom is -0.505 e. The van der Waals surface area contributed by atoms with E-state index in [0.717, 1.165) is 23.9 Å². The highest BCUT2D eigenvalue weighted by molar-refractivity contribution is 6.99. The Morgan fingerprint density at radius 2 is 1.78 bits per heavy atom. The van der Waals surface area contributed by atoms with Gasteiger partial charge < -0.3 is 20.6 Å². The van der Waals surface area contributed by atoms with Gasteiger partial charge in [-0.1, -0.05) is 32.9 Å². The van der Waals surface area contributed by atoms with Crippen molar-refractivity contribution in [3.63, 3.8) is 0 Å². The van der Waals surface area contributed by atoms with Crippen molar-refractivity contribution in [2.24, 2.45) is 5.41 Å². The van der Waals surface area contributed by atoms with Crippen molar-refractivity contribution >= 4 is 35.0 Å². The average molecular weight is 462 g/mol. The first-order chi connectivity index (χ1) is 15.0. The van der Waals surface area contributed by atoms with E-state index in [0.29, 0.717) is 17.2 Å². The minimum absolute atomic E-state index is 0.145. The number of phenolic OH excluding ortho intramolecular Hbond substituents is 1. The van der Waals surface area contributed by atoms with Crippen LogP contribution in [-0.2, 0) is 0 Å². The molecule has 0 aliphatic rings. The Labute approximate surface area is 189 Å². The van der Waals surface area contributed by atoms with Crippen molar-refractivity contribution in [3.8, 4) is 5.75 Å². The molecule has 1 atom stereocenters.